The van der Waals surface area contributed by atoms with Crippen LogP contribution in [0, 0.1) is 0 Å². The Morgan fingerprint density at radius 3 is 2.56 bits per heavy atom. The smallest absolute Gasteiger partial charge is 0.157 e. The molecule has 0 aromatic heterocycles. The van der Waals surface area contributed by atoms with Crippen molar-refractivity contribution in [2.24, 2.45) is 10.9 Å². The van der Waals surface area contributed by atoms with E-state index in [4.69, 9.17) is 5.84 Å². The lowest BCUT2D eigenvalue weighted by Gasteiger charge is -2.22. The molecule has 27 heavy (non-hydrogen) atoms. The van der Waals surface area contributed by atoms with Gasteiger partial charge in [-0.15, -0.1) is 0 Å². The molecule has 4 rings (SSSR count). The number of fused-ring (bicyclic) bond motifs is 2. The van der Waals surface area contributed by atoms with E-state index >= 15 is 0 Å². The molecule has 136 valence electrons. The minimum absolute atomic E-state index is 0.165. The van der Waals surface area contributed by atoms with Crippen LogP contribution in [0.2, 0.25) is 0 Å². The number of anilines is 1. The summed E-state index contributed by atoms with van der Waals surface area (Å²) in [5.41, 5.74) is 5.84. The lowest BCUT2D eigenvalue weighted by Crippen LogP contribution is -2.17. The lowest BCUT2D eigenvalue weighted by molar-refractivity contribution is 0.468. The van der Waals surface area contributed by atoms with E-state index in [-0.39, 0.29) is 11.8 Å². The third-order valence-electron chi connectivity index (χ3n) is 4.69. The second-order valence-corrected chi connectivity index (χ2v) is 7.88. The molecular weight excluding hydrogens is 472 g/mol. The number of nitrogens with one attached hydrogen (secondary N) is 2. The van der Waals surface area contributed by atoms with Gasteiger partial charge in [0.1, 0.15) is 5.75 Å². The predicted molar refractivity (Wildman–Crippen MR) is 116 cm³/mol. The standard InChI is InChI=1S/C20H16Br2N4O/c1-2-11-12-5-3-4-6-16(12)25-18(13-9-24-20(26-23)17(11)13)10-7-14(21)19(27)15(22)8-10/h2-9,18,25,27H,1,23H2,(H,24,26). The van der Waals surface area contributed by atoms with Crippen molar-refractivity contribution in [3.05, 3.63) is 86.5 Å². The van der Waals surface area contributed by atoms with E-state index in [2.05, 4.69) is 54.2 Å². The van der Waals surface area contributed by atoms with Crippen molar-refractivity contribution in [1.29, 1.82) is 0 Å². The number of amidine groups is 1. The van der Waals surface area contributed by atoms with E-state index in [0.29, 0.717) is 14.8 Å². The van der Waals surface area contributed by atoms with Gasteiger partial charge in [-0.05, 0) is 61.2 Å². The zero-order valence-electron chi connectivity index (χ0n) is 14.1. The Labute approximate surface area is 173 Å². The van der Waals surface area contributed by atoms with E-state index in [0.717, 1.165) is 33.5 Å². The Balaban J connectivity index is 1.99. The number of rotatable bonds is 2. The number of hydrazone groups is 1. The quantitative estimate of drug-likeness (QED) is 0.362. The Morgan fingerprint density at radius 2 is 1.89 bits per heavy atom. The topological polar surface area (TPSA) is 82.7 Å². The van der Waals surface area contributed by atoms with Crippen molar-refractivity contribution in [3.8, 4) is 5.75 Å². The van der Waals surface area contributed by atoms with Crippen LogP contribution in [0.5, 0.6) is 5.75 Å². The number of para-hydroxylation sites is 1. The van der Waals surface area contributed by atoms with Gasteiger partial charge >= 0.3 is 0 Å². The molecule has 0 bridgehead atoms. The molecule has 1 unspecified atom stereocenters. The molecule has 2 aliphatic heterocycles. The molecule has 2 aliphatic rings. The number of phenolic OH excluding ortho intramolecular Hbond substituents is 1. The van der Waals surface area contributed by atoms with Crippen molar-refractivity contribution in [2.45, 2.75) is 6.04 Å². The highest BCUT2D eigenvalue weighted by molar-refractivity contribution is 9.11. The fourth-order valence-electron chi connectivity index (χ4n) is 3.48. The van der Waals surface area contributed by atoms with Crippen molar-refractivity contribution < 1.29 is 5.11 Å². The van der Waals surface area contributed by atoms with E-state index in [1.165, 1.54) is 0 Å². The average molecular weight is 488 g/mol. The van der Waals surface area contributed by atoms with E-state index < -0.39 is 0 Å². The number of nitrogens with two attached hydrogens (primary N) is 1. The summed E-state index contributed by atoms with van der Waals surface area (Å²) in [4.78, 5) is 0. The van der Waals surface area contributed by atoms with Crippen LogP contribution < -0.4 is 16.5 Å². The highest BCUT2D eigenvalue weighted by atomic mass is 79.9. The number of benzene rings is 2. The van der Waals surface area contributed by atoms with Crippen LogP contribution in [0.25, 0.3) is 5.57 Å². The maximum Gasteiger partial charge on any atom is 0.157 e. The monoisotopic (exact) mass is 486 g/mol. The van der Waals surface area contributed by atoms with Crippen molar-refractivity contribution in [3.63, 3.8) is 0 Å². The number of hydrogen-bond donors (Lipinski definition) is 4. The Morgan fingerprint density at radius 1 is 1.19 bits per heavy atom. The van der Waals surface area contributed by atoms with Gasteiger partial charge in [-0.1, -0.05) is 30.9 Å². The zero-order chi connectivity index (χ0) is 19.1. The molecular formula is C20H16Br2N4O. The number of allylic oxidation sites excluding steroid dienone is 2. The summed E-state index contributed by atoms with van der Waals surface area (Å²) in [6.45, 7) is 4.01. The van der Waals surface area contributed by atoms with Gasteiger partial charge in [0.2, 0.25) is 0 Å². The number of hydrogen-bond acceptors (Lipinski definition) is 4. The highest BCUT2D eigenvalue weighted by Crippen LogP contribution is 2.45. The van der Waals surface area contributed by atoms with Gasteiger partial charge < -0.3 is 21.6 Å². The van der Waals surface area contributed by atoms with Gasteiger partial charge in [0.05, 0.1) is 15.0 Å². The van der Waals surface area contributed by atoms with Gasteiger partial charge in [-0.25, -0.2) is 0 Å². The van der Waals surface area contributed by atoms with Gasteiger partial charge in [-0.2, -0.15) is 5.10 Å². The molecule has 0 radical (unpaired) electrons. The van der Waals surface area contributed by atoms with Crippen LogP contribution in [-0.2, 0) is 0 Å². The van der Waals surface area contributed by atoms with Gasteiger partial charge in [-0.3, -0.25) is 0 Å². The molecule has 2 aromatic rings. The van der Waals surface area contributed by atoms with Crippen molar-refractivity contribution in [1.82, 2.24) is 5.32 Å². The Kier molecular flexibility index (Phi) is 4.57. The molecule has 1 atom stereocenters. The Hall–Kier alpha value is -2.51. The molecule has 0 saturated heterocycles. The normalized spacial score (nSPS) is 19.6. The molecule has 0 aliphatic carbocycles. The van der Waals surface area contributed by atoms with Crippen LogP contribution in [0.4, 0.5) is 5.69 Å². The lowest BCUT2D eigenvalue weighted by atomic mass is 9.91. The summed E-state index contributed by atoms with van der Waals surface area (Å²) in [6.07, 6.45) is 3.73. The average Bonchev–Trinajstić information content (AvgIpc) is 3.03. The summed E-state index contributed by atoms with van der Waals surface area (Å²) >= 11 is 6.85. The molecule has 7 heteroatoms. The second-order valence-electron chi connectivity index (χ2n) is 6.17. The first-order chi connectivity index (χ1) is 13.0. The van der Waals surface area contributed by atoms with Crippen LogP contribution in [-0.4, -0.2) is 10.9 Å². The fraction of sp³-hybridized carbons (Fsp3) is 0.0500. The summed E-state index contributed by atoms with van der Waals surface area (Å²) in [7, 11) is 0. The maximum atomic E-state index is 10.1. The van der Waals surface area contributed by atoms with Crippen LogP contribution >= 0.6 is 31.9 Å². The van der Waals surface area contributed by atoms with Gasteiger partial charge in [0, 0.05) is 28.6 Å². The van der Waals surface area contributed by atoms with Crippen molar-refractivity contribution in [2.75, 3.05) is 5.32 Å². The molecule has 0 saturated carbocycles. The first kappa shape index (κ1) is 17.9. The summed E-state index contributed by atoms with van der Waals surface area (Å²) in [5.74, 6) is 6.40. The fourth-order valence-corrected chi connectivity index (χ4v) is 4.70. The first-order valence-corrected chi connectivity index (χ1v) is 9.79. The SMILES string of the molecule is C=CC1=C2C(=CN/C2=N/N)C(c2cc(Br)c(O)c(Br)c2)Nc2ccccc21. The number of phenols is 1. The Bertz CT molecular complexity index is 1030. The van der Waals surface area contributed by atoms with Crippen LogP contribution in [0.15, 0.2) is 80.4 Å². The van der Waals surface area contributed by atoms with Crippen LogP contribution in [0.1, 0.15) is 17.2 Å². The van der Waals surface area contributed by atoms with E-state index in [9.17, 15) is 5.11 Å². The molecule has 0 spiro atoms. The van der Waals surface area contributed by atoms with E-state index in [1.54, 1.807) is 0 Å². The highest BCUT2D eigenvalue weighted by Gasteiger charge is 2.33. The first-order valence-electron chi connectivity index (χ1n) is 8.21. The third-order valence-corrected chi connectivity index (χ3v) is 5.90. The summed E-state index contributed by atoms with van der Waals surface area (Å²) in [5, 5.41) is 20.8. The molecule has 0 fully saturated rings. The minimum Gasteiger partial charge on any atom is -0.506 e. The zero-order valence-corrected chi connectivity index (χ0v) is 17.3. The van der Waals surface area contributed by atoms with Crippen molar-refractivity contribution >= 4 is 49.0 Å². The van der Waals surface area contributed by atoms with Gasteiger partial charge in [0.25, 0.3) is 0 Å². The largest absolute Gasteiger partial charge is 0.506 e. The number of halogens is 2. The third kappa shape index (κ3) is 2.87. The second kappa shape index (κ2) is 6.90. The summed E-state index contributed by atoms with van der Waals surface area (Å²) in [6, 6.07) is 11.7. The molecule has 2 heterocycles. The number of aromatic hydroxyl groups is 1. The summed E-state index contributed by atoms with van der Waals surface area (Å²) < 4.78 is 1.22. The molecule has 5 nitrogen and oxygen atoms in total. The van der Waals surface area contributed by atoms with E-state index in [1.807, 2.05) is 48.7 Å². The molecule has 5 N–H and O–H groups in total. The molecule has 2 aromatic carbocycles. The molecule has 0 amide bonds. The predicted octanol–water partition coefficient (Wildman–Crippen LogP) is 4.78. The van der Waals surface area contributed by atoms with Gasteiger partial charge in [0.15, 0.2) is 5.84 Å². The van der Waals surface area contributed by atoms with Crippen LogP contribution in [0.3, 0.4) is 0 Å². The maximum absolute atomic E-state index is 10.1. The minimum atomic E-state index is -0.182. The number of nitrogens with zero attached hydrogens (tertiary/aromatic N) is 1.